The maximum atomic E-state index is 6.16. The van der Waals surface area contributed by atoms with Crippen LogP contribution in [0, 0.1) is 0 Å². The van der Waals surface area contributed by atoms with Crippen LogP contribution < -0.4 is 5.73 Å². The molecule has 1 aliphatic carbocycles. The minimum atomic E-state index is 0. The molecule has 1 saturated heterocycles. The van der Waals surface area contributed by atoms with Gasteiger partial charge < -0.3 is 10.6 Å². The van der Waals surface area contributed by atoms with E-state index in [-0.39, 0.29) is 24.0 Å². The molecule has 2 rings (SSSR count). The first-order valence-electron chi connectivity index (χ1n) is 8.09. The molecule has 0 atom stereocenters. The van der Waals surface area contributed by atoms with Crippen LogP contribution in [0.25, 0.3) is 0 Å². The summed E-state index contributed by atoms with van der Waals surface area (Å²) in [6.07, 6.45) is 5.30. The summed E-state index contributed by atoms with van der Waals surface area (Å²) in [6, 6.07) is 0. The largest absolute Gasteiger partial charge is 0.370 e. The molecular weight excluding hydrogens is 395 g/mol. The third kappa shape index (κ3) is 4.89. The SMILES string of the molecule is CCN(CC)C(N)=NCC1(N2CCSCC2)CCCC1.I. The van der Waals surface area contributed by atoms with Crippen molar-refractivity contribution in [2.75, 3.05) is 44.2 Å². The van der Waals surface area contributed by atoms with Gasteiger partial charge >= 0.3 is 0 Å². The molecule has 0 bridgehead atoms. The Morgan fingerprint density at radius 2 is 1.76 bits per heavy atom. The van der Waals surface area contributed by atoms with E-state index in [1.165, 1.54) is 50.3 Å². The van der Waals surface area contributed by atoms with E-state index < -0.39 is 0 Å². The summed E-state index contributed by atoms with van der Waals surface area (Å²) in [7, 11) is 0. The third-order valence-electron chi connectivity index (χ3n) is 4.84. The third-order valence-corrected chi connectivity index (χ3v) is 5.78. The second kappa shape index (κ2) is 9.45. The number of nitrogens with zero attached hydrogens (tertiary/aromatic N) is 3. The summed E-state index contributed by atoms with van der Waals surface area (Å²) < 4.78 is 0. The molecule has 124 valence electrons. The molecule has 2 N–H and O–H groups in total. The summed E-state index contributed by atoms with van der Waals surface area (Å²) in [5.74, 6) is 3.28. The van der Waals surface area contributed by atoms with Gasteiger partial charge in [0.25, 0.3) is 0 Å². The highest BCUT2D eigenvalue weighted by atomic mass is 127. The highest BCUT2D eigenvalue weighted by molar-refractivity contribution is 14.0. The van der Waals surface area contributed by atoms with Crippen molar-refractivity contribution in [1.82, 2.24) is 9.80 Å². The van der Waals surface area contributed by atoms with Gasteiger partial charge in [0.15, 0.2) is 5.96 Å². The molecule has 0 radical (unpaired) electrons. The molecule has 0 aromatic carbocycles. The van der Waals surface area contributed by atoms with E-state index >= 15 is 0 Å². The van der Waals surface area contributed by atoms with E-state index in [1.807, 2.05) is 0 Å². The van der Waals surface area contributed by atoms with Gasteiger partial charge in [0.05, 0.1) is 6.54 Å². The number of nitrogens with two attached hydrogens (primary N) is 1. The smallest absolute Gasteiger partial charge is 0.191 e. The van der Waals surface area contributed by atoms with Gasteiger partial charge in [0.2, 0.25) is 0 Å². The lowest BCUT2D eigenvalue weighted by molar-refractivity contribution is 0.112. The van der Waals surface area contributed by atoms with E-state index in [2.05, 4.69) is 35.4 Å². The predicted octanol–water partition coefficient (Wildman–Crippen LogP) is 2.62. The van der Waals surface area contributed by atoms with Gasteiger partial charge in [0, 0.05) is 43.2 Å². The lowest BCUT2D eigenvalue weighted by Crippen LogP contribution is -2.53. The lowest BCUT2D eigenvalue weighted by Gasteiger charge is -2.42. The second-order valence-electron chi connectivity index (χ2n) is 5.88. The van der Waals surface area contributed by atoms with Gasteiger partial charge in [-0.3, -0.25) is 9.89 Å². The summed E-state index contributed by atoms with van der Waals surface area (Å²) >= 11 is 2.08. The number of guanidine groups is 1. The molecule has 21 heavy (non-hydrogen) atoms. The fraction of sp³-hybridized carbons (Fsp3) is 0.933. The molecule has 0 unspecified atom stereocenters. The molecule has 0 spiro atoms. The van der Waals surface area contributed by atoms with Crippen molar-refractivity contribution in [1.29, 1.82) is 0 Å². The van der Waals surface area contributed by atoms with Crippen molar-refractivity contribution >= 4 is 41.7 Å². The average Bonchev–Trinajstić information content (AvgIpc) is 2.97. The maximum absolute atomic E-state index is 6.16. The number of rotatable bonds is 5. The molecule has 2 aliphatic rings. The summed E-state index contributed by atoms with van der Waals surface area (Å²) in [6.45, 7) is 9.51. The van der Waals surface area contributed by atoms with Crippen LogP contribution in [0.5, 0.6) is 0 Å². The first-order chi connectivity index (χ1) is 9.72. The van der Waals surface area contributed by atoms with Crippen LogP contribution in [0.2, 0.25) is 0 Å². The van der Waals surface area contributed by atoms with Gasteiger partial charge in [-0.25, -0.2) is 0 Å². The molecule has 0 aromatic rings. The predicted molar refractivity (Wildman–Crippen MR) is 105 cm³/mol. The average molecular weight is 426 g/mol. The first kappa shape index (κ1) is 19.4. The summed E-state index contributed by atoms with van der Waals surface area (Å²) in [5, 5.41) is 0. The Kier molecular flexibility index (Phi) is 8.71. The van der Waals surface area contributed by atoms with E-state index in [1.54, 1.807) is 0 Å². The zero-order valence-corrected chi connectivity index (χ0v) is 16.7. The number of hydrogen-bond acceptors (Lipinski definition) is 3. The highest BCUT2D eigenvalue weighted by Crippen LogP contribution is 2.37. The number of halogens is 1. The quantitative estimate of drug-likeness (QED) is 0.417. The molecule has 0 aromatic heterocycles. The minimum Gasteiger partial charge on any atom is -0.370 e. The van der Waals surface area contributed by atoms with Gasteiger partial charge in [-0.05, 0) is 26.7 Å². The van der Waals surface area contributed by atoms with Crippen LogP contribution >= 0.6 is 35.7 Å². The lowest BCUT2D eigenvalue weighted by atomic mass is 9.95. The van der Waals surface area contributed by atoms with Crippen LogP contribution in [-0.4, -0.2) is 65.5 Å². The standard InChI is InChI=1S/C15H30N4S.HI/c1-3-18(4-2)14(16)17-13-15(7-5-6-8-15)19-9-11-20-12-10-19;/h3-13H2,1-2H3,(H2,16,17);1H. The molecular formula is C15H31IN4S. The monoisotopic (exact) mass is 426 g/mol. The fourth-order valence-electron chi connectivity index (χ4n) is 3.52. The van der Waals surface area contributed by atoms with Crippen molar-refractivity contribution < 1.29 is 0 Å². The van der Waals surface area contributed by atoms with E-state index in [0.29, 0.717) is 5.54 Å². The minimum absolute atomic E-state index is 0. The Morgan fingerprint density at radius 1 is 1.19 bits per heavy atom. The van der Waals surface area contributed by atoms with Crippen LogP contribution in [0.3, 0.4) is 0 Å². The van der Waals surface area contributed by atoms with Crippen LogP contribution in [0.1, 0.15) is 39.5 Å². The summed E-state index contributed by atoms with van der Waals surface area (Å²) in [5.41, 5.74) is 6.46. The zero-order valence-electron chi connectivity index (χ0n) is 13.5. The van der Waals surface area contributed by atoms with Crippen molar-refractivity contribution in [2.24, 2.45) is 10.7 Å². The van der Waals surface area contributed by atoms with E-state index in [4.69, 9.17) is 10.7 Å². The Balaban J connectivity index is 0.00000220. The number of aliphatic imine (C=N–C) groups is 1. The molecule has 4 nitrogen and oxygen atoms in total. The Morgan fingerprint density at radius 3 is 2.29 bits per heavy atom. The van der Waals surface area contributed by atoms with Crippen molar-refractivity contribution in [3.8, 4) is 0 Å². The van der Waals surface area contributed by atoms with Gasteiger partial charge in [-0.1, -0.05) is 12.8 Å². The topological polar surface area (TPSA) is 44.9 Å². The van der Waals surface area contributed by atoms with Gasteiger partial charge in [-0.15, -0.1) is 24.0 Å². The number of thioether (sulfide) groups is 1. The van der Waals surface area contributed by atoms with E-state index in [0.717, 1.165) is 25.6 Å². The van der Waals surface area contributed by atoms with Gasteiger partial charge in [0.1, 0.15) is 0 Å². The van der Waals surface area contributed by atoms with E-state index in [9.17, 15) is 0 Å². The summed E-state index contributed by atoms with van der Waals surface area (Å²) in [4.78, 5) is 9.62. The Bertz CT molecular complexity index is 322. The van der Waals surface area contributed by atoms with Crippen molar-refractivity contribution in [2.45, 2.75) is 45.1 Å². The molecule has 1 saturated carbocycles. The van der Waals surface area contributed by atoms with Gasteiger partial charge in [-0.2, -0.15) is 11.8 Å². The first-order valence-corrected chi connectivity index (χ1v) is 9.25. The maximum Gasteiger partial charge on any atom is 0.191 e. The molecule has 1 aliphatic heterocycles. The highest BCUT2D eigenvalue weighted by Gasteiger charge is 2.39. The Labute approximate surface area is 151 Å². The molecule has 1 heterocycles. The fourth-order valence-corrected chi connectivity index (χ4v) is 4.42. The molecule has 2 fully saturated rings. The number of hydrogen-bond donors (Lipinski definition) is 1. The zero-order chi connectivity index (χ0) is 14.4. The van der Waals surface area contributed by atoms with Crippen molar-refractivity contribution in [3.05, 3.63) is 0 Å². The van der Waals surface area contributed by atoms with Crippen LogP contribution in [0.15, 0.2) is 4.99 Å². The Hall–Kier alpha value is 0.310. The second-order valence-corrected chi connectivity index (χ2v) is 7.10. The molecule has 6 heteroatoms. The normalized spacial score (nSPS) is 22.9. The van der Waals surface area contributed by atoms with Crippen LogP contribution in [0.4, 0.5) is 0 Å². The van der Waals surface area contributed by atoms with Crippen molar-refractivity contribution in [3.63, 3.8) is 0 Å². The molecule has 0 amide bonds. The van der Waals surface area contributed by atoms with Crippen LogP contribution in [-0.2, 0) is 0 Å².